The molecule has 1 aromatic heterocycles. The third kappa shape index (κ3) is 5.96. The van der Waals surface area contributed by atoms with E-state index in [1.807, 2.05) is 36.4 Å². The smallest absolute Gasteiger partial charge is 0.317 e. The summed E-state index contributed by atoms with van der Waals surface area (Å²) in [5.74, 6) is 0.179. The molecule has 3 aromatic rings. The van der Waals surface area contributed by atoms with Gasteiger partial charge in [-0.1, -0.05) is 19.1 Å². The number of hydrogen-bond acceptors (Lipinski definition) is 5. The first kappa shape index (κ1) is 24.8. The van der Waals surface area contributed by atoms with E-state index < -0.39 is 25.2 Å². The summed E-state index contributed by atoms with van der Waals surface area (Å²) in [4.78, 5) is 1.52. The van der Waals surface area contributed by atoms with Gasteiger partial charge in [-0.15, -0.1) is 15.0 Å². The van der Waals surface area contributed by atoms with Gasteiger partial charge in [-0.2, -0.15) is 0 Å². The third-order valence-corrected chi connectivity index (χ3v) is 15.5. The van der Waals surface area contributed by atoms with Crippen LogP contribution in [0.1, 0.15) is 18.1 Å². The molecular weight excluding hydrogens is 451 g/mol. The van der Waals surface area contributed by atoms with E-state index in [-0.39, 0.29) is 11.3 Å². The second-order valence-corrected chi connectivity index (χ2v) is 23.9. The van der Waals surface area contributed by atoms with Crippen LogP contribution >= 0.6 is 0 Å². The molecule has 1 unspecified atom stereocenters. The number of aryl methyl sites for hydroxylation is 1. The lowest BCUT2D eigenvalue weighted by atomic mass is 10.0. The van der Waals surface area contributed by atoms with Crippen molar-refractivity contribution in [3.05, 3.63) is 47.5 Å². The van der Waals surface area contributed by atoms with Crippen molar-refractivity contribution in [2.45, 2.75) is 71.6 Å². The zero-order valence-electron chi connectivity index (χ0n) is 20.9. The van der Waals surface area contributed by atoms with Crippen LogP contribution in [0.4, 0.5) is 0 Å². The highest BCUT2D eigenvalue weighted by Gasteiger charge is 2.44. The van der Waals surface area contributed by atoms with Crippen LogP contribution in [0, 0.1) is 6.92 Å². The van der Waals surface area contributed by atoms with E-state index in [1.54, 1.807) is 0 Å². The van der Waals surface area contributed by atoms with Crippen LogP contribution in [0.15, 0.2) is 36.4 Å². The van der Waals surface area contributed by atoms with Gasteiger partial charge in [0.2, 0.25) is 0 Å². The van der Waals surface area contributed by atoms with Gasteiger partial charge in [0.05, 0.1) is 0 Å². The summed E-state index contributed by atoms with van der Waals surface area (Å²) in [6.45, 7) is 19.9. The van der Waals surface area contributed by atoms with E-state index in [0.717, 1.165) is 28.6 Å². The molecule has 1 N–H and O–H groups in total. The SMILES string of the molecule is Cc1cc(-n2nc3ccccc3n2)c(O)cc1CC(C)[Si](C)(O[Si](C)(C)C)O[Si](C)(C)C. The van der Waals surface area contributed by atoms with Gasteiger partial charge in [-0.25, -0.2) is 0 Å². The van der Waals surface area contributed by atoms with E-state index >= 15 is 0 Å². The van der Waals surface area contributed by atoms with Crippen molar-refractivity contribution in [1.29, 1.82) is 0 Å². The number of aromatic hydroxyl groups is 1. The van der Waals surface area contributed by atoms with E-state index in [4.69, 9.17) is 8.23 Å². The lowest BCUT2D eigenvalue weighted by Gasteiger charge is -2.42. The molecule has 0 radical (unpaired) electrons. The standard InChI is InChI=1S/C23H37N3O3Si3/c1-17-14-22(26-24-20-12-10-11-13-21(20)25-26)23(27)16-19(17)15-18(2)32(9,28-30(3,4)5)29-31(6,7)8/h10-14,16,18,27H,15H2,1-9H3. The summed E-state index contributed by atoms with van der Waals surface area (Å²) in [5, 5.41) is 19.9. The first-order chi connectivity index (χ1) is 14.7. The van der Waals surface area contributed by atoms with Crippen LogP contribution in [0.25, 0.3) is 16.7 Å². The molecule has 0 saturated carbocycles. The van der Waals surface area contributed by atoms with Crippen molar-refractivity contribution in [3.63, 3.8) is 0 Å². The normalized spacial score (nSPS) is 14.2. The van der Waals surface area contributed by atoms with Gasteiger partial charge in [-0.3, -0.25) is 0 Å². The minimum absolute atomic E-state index is 0.179. The van der Waals surface area contributed by atoms with Gasteiger partial charge >= 0.3 is 8.56 Å². The number of nitrogens with zero attached hydrogens (tertiary/aromatic N) is 3. The summed E-state index contributed by atoms with van der Waals surface area (Å²) < 4.78 is 13.5. The Morgan fingerprint density at radius 1 is 0.906 bits per heavy atom. The number of phenols is 1. The maximum absolute atomic E-state index is 10.8. The molecule has 0 amide bonds. The van der Waals surface area contributed by atoms with Gasteiger partial charge in [0, 0.05) is 5.54 Å². The van der Waals surface area contributed by atoms with Crippen molar-refractivity contribution in [2.75, 3.05) is 0 Å². The molecule has 0 bridgehead atoms. The molecule has 1 heterocycles. The average molecular weight is 488 g/mol. The van der Waals surface area contributed by atoms with E-state index in [2.05, 4.69) is 69.9 Å². The fraction of sp³-hybridized carbons (Fsp3) is 0.478. The largest absolute Gasteiger partial charge is 0.506 e. The van der Waals surface area contributed by atoms with Crippen LogP contribution in [0.3, 0.4) is 0 Å². The summed E-state index contributed by atoms with van der Waals surface area (Å²) in [7, 11) is -5.99. The molecule has 0 fully saturated rings. The lowest BCUT2D eigenvalue weighted by Crippen LogP contribution is -2.55. The Balaban J connectivity index is 1.91. The predicted octanol–water partition coefficient (Wildman–Crippen LogP) is 6.14. The van der Waals surface area contributed by atoms with Crippen molar-refractivity contribution < 1.29 is 13.3 Å². The van der Waals surface area contributed by atoms with E-state index in [1.165, 1.54) is 4.80 Å². The minimum atomic E-state index is -2.43. The Morgan fingerprint density at radius 2 is 1.41 bits per heavy atom. The van der Waals surface area contributed by atoms with E-state index in [0.29, 0.717) is 5.69 Å². The average Bonchev–Trinajstić information content (AvgIpc) is 3.05. The molecular formula is C23H37N3O3Si3. The van der Waals surface area contributed by atoms with Gasteiger partial charge in [0.25, 0.3) is 0 Å². The molecule has 174 valence electrons. The monoisotopic (exact) mass is 487 g/mol. The van der Waals surface area contributed by atoms with Crippen molar-refractivity contribution in [3.8, 4) is 11.4 Å². The van der Waals surface area contributed by atoms with Gasteiger partial charge in [0.1, 0.15) is 22.5 Å². The maximum Gasteiger partial charge on any atom is 0.317 e. The van der Waals surface area contributed by atoms with Crippen molar-refractivity contribution >= 4 is 36.2 Å². The highest BCUT2D eigenvalue weighted by molar-refractivity contribution is 6.88. The van der Waals surface area contributed by atoms with E-state index in [9.17, 15) is 5.11 Å². The highest BCUT2D eigenvalue weighted by atomic mass is 28.5. The molecule has 0 saturated heterocycles. The summed E-state index contributed by atoms with van der Waals surface area (Å²) in [5.41, 5.74) is 4.64. The van der Waals surface area contributed by atoms with Crippen LogP contribution in [0.5, 0.6) is 5.75 Å². The summed E-state index contributed by atoms with van der Waals surface area (Å²) in [6, 6.07) is 11.5. The topological polar surface area (TPSA) is 69.4 Å². The van der Waals surface area contributed by atoms with Gasteiger partial charge in [0.15, 0.2) is 16.6 Å². The Morgan fingerprint density at radius 3 is 1.88 bits per heavy atom. The maximum atomic E-state index is 10.8. The summed E-state index contributed by atoms with van der Waals surface area (Å²) in [6.07, 6.45) is 0.797. The first-order valence-electron chi connectivity index (χ1n) is 11.2. The number of hydrogen-bond donors (Lipinski definition) is 1. The number of benzene rings is 2. The molecule has 0 aliphatic heterocycles. The van der Waals surface area contributed by atoms with Gasteiger partial charge in [-0.05, 0) is 94.6 Å². The summed E-state index contributed by atoms with van der Waals surface area (Å²) >= 11 is 0. The Labute approximate surface area is 195 Å². The molecule has 9 heteroatoms. The molecule has 6 nitrogen and oxygen atoms in total. The van der Waals surface area contributed by atoms with Crippen LogP contribution in [-0.4, -0.2) is 45.3 Å². The first-order valence-corrected chi connectivity index (χ1v) is 20.4. The molecule has 1 atom stereocenters. The number of phenolic OH excluding ortho intramolecular Hbond substituents is 1. The van der Waals surface area contributed by atoms with Crippen molar-refractivity contribution in [2.24, 2.45) is 0 Å². The Bertz CT molecular complexity index is 1050. The second kappa shape index (κ2) is 8.86. The fourth-order valence-electron chi connectivity index (χ4n) is 4.03. The molecule has 0 aliphatic carbocycles. The predicted molar refractivity (Wildman–Crippen MR) is 139 cm³/mol. The molecule has 3 rings (SSSR count). The molecule has 2 aromatic carbocycles. The lowest BCUT2D eigenvalue weighted by molar-refractivity contribution is 0.365. The zero-order chi connectivity index (χ0) is 23.9. The minimum Gasteiger partial charge on any atom is -0.506 e. The highest BCUT2D eigenvalue weighted by Crippen LogP contribution is 2.35. The van der Waals surface area contributed by atoms with Crippen LogP contribution in [-0.2, 0) is 14.7 Å². The van der Waals surface area contributed by atoms with Gasteiger partial charge < -0.3 is 13.3 Å². The fourth-order valence-corrected chi connectivity index (χ4v) is 16.5. The number of rotatable bonds is 8. The molecule has 32 heavy (non-hydrogen) atoms. The Kier molecular flexibility index (Phi) is 6.88. The van der Waals surface area contributed by atoms with Crippen LogP contribution in [0.2, 0.25) is 51.4 Å². The molecule has 0 spiro atoms. The van der Waals surface area contributed by atoms with Crippen LogP contribution < -0.4 is 0 Å². The Hall–Kier alpha value is -1.79. The number of fused-ring (bicyclic) bond motifs is 1. The second-order valence-electron chi connectivity index (χ2n) is 10.8. The quantitative estimate of drug-likeness (QED) is 0.386. The zero-order valence-corrected chi connectivity index (χ0v) is 23.9. The number of aromatic nitrogens is 3. The molecule has 0 aliphatic rings. The third-order valence-electron chi connectivity index (χ3n) is 5.37. The van der Waals surface area contributed by atoms with Crippen molar-refractivity contribution in [1.82, 2.24) is 15.0 Å².